The molecule has 4 rings (SSSR count). The molecule has 32 heavy (non-hydrogen) atoms. The van der Waals surface area contributed by atoms with Crippen molar-refractivity contribution in [2.45, 2.75) is 4.90 Å². The Labute approximate surface area is 184 Å². The molecule has 4 N–H and O–H groups in total. The average molecular weight is 449 g/mol. The Morgan fingerprint density at radius 3 is 2.16 bits per heavy atom. The highest BCUT2D eigenvalue weighted by Crippen LogP contribution is 2.25. The highest BCUT2D eigenvalue weighted by Gasteiger charge is 2.11. The number of hydrogen-bond donors (Lipinski definition) is 4. The van der Waals surface area contributed by atoms with Crippen LogP contribution in [0.15, 0.2) is 88.9 Å². The van der Waals surface area contributed by atoms with Gasteiger partial charge in [-0.15, -0.1) is 0 Å². The molecule has 0 unspecified atom stereocenters. The Hall–Kier alpha value is -4.02. The van der Waals surface area contributed by atoms with E-state index in [9.17, 15) is 13.2 Å². The molecule has 0 bridgehead atoms. The van der Waals surface area contributed by atoms with Gasteiger partial charge in [-0.3, -0.25) is 4.79 Å². The quantitative estimate of drug-likeness (QED) is 0.342. The van der Waals surface area contributed by atoms with Crippen molar-refractivity contribution in [1.29, 1.82) is 0 Å². The van der Waals surface area contributed by atoms with Crippen molar-refractivity contribution in [1.82, 2.24) is 19.7 Å². The number of sulfonamides is 1. The predicted molar refractivity (Wildman–Crippen MR) is 124 cm³/mol. The molecule has 0 atom stereocenters. The standard InChI is InChI=1S/C22H20N6O3S/c1-23-32(30,31)19-7-3-6-18(11-19)28-21-12-20(25-14-26-21)27-17-5-2-4-15(10-17)16-8-9-22(29)24-13-16/h2-14,23H,1H3,(H,24,29)(H2,25,26,27,28). The molecule has 2 heterocycles. The molecule has 10 heteroatoms. The molecule has 162 valence electrons. The smallest absolute Gasteiger partial charge is 0.247 e. The summed E-state index contributed by atoms with van der Waals surface area (Å²) < 4.78 is 26.3. The molecular weight excluding hydrogens is 428 g/mol. The van der Waals surface area contributed by atoms with E-state index in [-0.39, 0.29) is 10.5 Å². The summed E-state index contributed by atoms with van der Waals surface area (Å²) in [5.74, 6) is 1.05. The highest BCUT2D eigenvalue weighted by atomic mass is 32.2. The zero-order valence-corrected chi connectivity index (χ0v) is 17.8. The number of anilines is 4. The first-order valence-electron chi connectivity index (χ1n) is 9.62. The van der Waals surface area contributed by atoms with Crippen LogP contribution in [0.5, 0.6) is 0 Å². The summed E-state index contributed by atoms with van der Waals surface area (Å²) in [5, 5.41) is 6.32. The second-order valence-electron chi connectivity index (χ2n) is 6.80. The van der Waals surface area contributed by atoms with Crippen LogP contribution in [0, 0.1) is 0 Å². The second kappa shape index (κ2) is 9.00. The van der Waals surface area contributed by atoms with Crippen molar-refractivity contribution in [2.24, 2.45) is 0 Å². The van der Waals surface area contributed by atoms with Crippen LogP contribution < -0.4 is 20.9 Å². The molecule has 0 aliphatic heterocycles. The van der Waals surface area contributed by atoms with Crippen molar-refractivity contribution >= 4 is 33.0 Å². The van der Waals surface area contributed by atoms with E-state index in [0.717, 1.165) is 16.8 Å². The molecule has 2 aromatic heterocycles. The van der Waals surface area contributed by atoms with Crippen molar-refractivity contribution < 1.29 is 8.42 Å². The van der Waals surface area contributed by atoms with Crippen LogP contribution in [0.25, 0.3) is 11.1 Å². The van der Waals surface area contributed by atoms with E-state index in [1.54, 1.807) is 30.5 Å². The summed E-state index contributed by atoms with van der Waals surface area (Å²) in [4.78, 5) is 22.5. The van der Waals surface area contributed by atoms with Gasteiger partial charge in [-0.25, -0.2) is 23.1 Å². The lowest BCUT2D eigenvalue weighted by Gasteiger charge is -2.11. The second-order valence-corrected chi connectivity index (χ2v) is 8.68. The SMILES string of the molecule is CNS(=O)(=O)c1cccc(Nc2cc(Nc3cccc(-c4ccc(=O)[nH]c4)c3)ncn2)c1. The largest absolute Gasteiger partial charge is 0.340 e. The lowest BCUT2D eigenvalue weighted by atomic mass is 10.1. The first-order valence-corrected chi connectivity index (χ1v) is 11.1. The van der Waals surface area contributed by atoms with Crippen LogP contribution in [0.3, 0.4) is 0 Å². The molecule has 0 fully saturated rings. The summed E-state index contributed by atoms with van der Waals surface area (Å²) in [6.45, 7) is 0. The van der Waals surface area contributed by atoms with Gasteiger partial charge in [0.2, 0.25) is 15.6 Å². The zero-order chi connectivity index (χ0) is 22.6. The van der Waals surface area contributed by atoms with E-state index in [1.165, 1.54) is 31.6 Å². The van der Waals surface area contributed by atoms with Crippen LogP contribution >= 0.6 is 0 Å². The minimum atomic E-state index is -3.55. The number of rotatable bonds is 7. The maximum absolute atomic E-state index is 12.0. The Balaban J connectivity index is 1.53. The van der Waals surface area contributed by atoms with Crippen LogP contribution in [-0.4, -0.2) is 30.4 Å². The van der Waals surface area contributed by atoms with Gasteiger partial charge in [0.15, 0.2) is 0 Å². The maximum Gasteiger partial charge on any atom is 0.247 e. The molecule has 9 nitrogen and oxygen atoms in total. The number of nitrogens with zero attached hydrogens (tertiary/aromatic N) is 2. The number of benzene rings is 2. The van der Waals surface area contributed by atoms with Gasteiger partial charge in [-0.05, 0) is 54.6 Å². The van der Waals surface area contributed by atoms with Crippen LogP contribution in [0.2, 0.25) is 0 Å². The highest BCUT2D eigenvalue weighted by molar-refractivity contribution is 7.89. The molecule has 0 saturated heterocycles. The molecular formula is C22H20N6O3S. The summed E-state index contributed by atoms with van der Waals surface area (Å²) in [6.07, 6.45) is 3.07. The van der Waals surface area contributed by atoms with E-state index < -0.39 is 10.0 Å². The van der Waals surface area contributed by atoms with Crippen LogP contribution in [-0.2, 0) is 10.0 Å². The minimum Gasteiger partial charge on any atom is -0.340 e. The first-order chi connectivity index (χ1) is 15.4. The summed E-state index contributed by atoms with van der Waals surface area (Å²) >= 11 is 0. The van der Waals surface area contributed by atoms with Gasteiger partial charge in [0.25, 0.3) is 0 Å². The van der Waals surface area contributed by atoms with Crippen molar-refractivity contribution in [2.75, 3.05) is 17.7 Å². The third-order valence-corrected chi connectivity index (χ3v) is 6.02. The van der Waals surface area contributed by atoms with Crippen molar-refractivity contribution in [3.63, 3.8) is 0 Å². The molecule has 0 aliphatic rings. The maximum atomic E-state index is 12.0. The molecule has 0 saturated carbocycles. The Morgan fingerprint density at radius 1 is 0.812 bits per heavy atom. The van der Waals surface area contributed by atoms with Gasteiger partial charge in [-0.2, -0.15) is 0 Å². The molecule has 0 aliphatic carbocycles. The summed E-state index contributed by atoms with van der Waals surface area (Å²) in [5.41, 5.74) is 3.04. The third-order valence-electron chi connectivity index (χ3n) is 4.61. The van der Waals surface area contributed by atoms with Gasteiger partial charge in [0.05, 0.1) is 4.90 Å². The number of aromatic nitrogens is 3. The lowest BCUT2D eigenvalue weighted by Crippen LogP contribution is -2.18. The average Bonchev–Trinajstić information content (AvgIpc) is 2.80. The fraction of sp³-hybridized carbons (Fsp3) is 0.0455. The summed E-state index contributed by atoms with van der Waals surface area (Å²) in [7, 11) is -2.18. The van der Waals surface area contributed by atoms with E-state index in [1.807, 2.05) is 24.3 Å². The molecule has 2 aromatic carbocycles. The van der Waals surface area contributed by atoms with Gasteiger partial charge >= 0.3 is 0 Å². The third kappa shape index (κ3) is 4.99. The Bertz CT molecular complexity index is 1400. The molecule has 0 spiro atoms. The van der Waals surface area contributed by atoms with E-state index in [4.69, 9.17) is 0 Å². The molecule has 0 amide bonds. The van der Waals surface area contributed by atoms with Gasteiger partial charge in [0, 0.05) is 29.7 Å². The van der Waals surface area contributed by atoms with Gasteiger partial charge < -0.3 is 15.6 Å². The minimum absolute atomic E-state index is 0.150. The predicted octanol–water partition coefficient (Wildman–Crippen LogP) is 3.23. The number of pyridine rings is 1. The number of aromatic amines is 1. The number of H-pyrrole nitrogens is 1. The van der Waals surface area contributed by atoms with Gasteiger partial charge in [-0.1, -0.05) is 18.2 Å². The van der Waals surface area contributed by atoms with E-state index >= 15 is 0 Å². The fourth-order valence-electron chi connectivity index (χ4n) is 3.02. The van der Waals surface area contributed by atoms with Crippen LogP contribution in [0.4, 0.5) is 23.0 Å². The first kappa shape index (κ1) is 21.2. The molecule has 0 radical (unpaired) electrons. The molecule has 4 aromatic rings. The monoisotopic (exact) mass is 448 g/mol. The summed E-state index contributed by atoms with van der Waals surface area (Å²) in [6, 6.07) is 19.1. The van der Waals surface area contributed by atoms with Crippen LogP contribution in [0.1, 0.15) is 0 Å². The van der Waals surface area contributed by atoms with Crippen molar-refractivity contribution in [3.05, 3.63) is 89.6 Å². The Kier molecular flexibility index (Phi) is 5.97. The zero-order valence-electron chi connectivity index (χ0n) is 17.0. The normalized spacial score (nSPS) is 11.2. The lowest BCUT2D eigenvalue weighted by molar-refractivity contribution is 0.588. The van der Waals surface area contributed by atoms with Gasteiger partial charge in [0.1, 0.15) is 18.0 Å². The number of nitrogens with one attached hydrogen (secondary N) is 4. The Morgan fingerprint density at radius 2 is 1.50 bits per heavy atom. The number of hydrogen-bond acceptors (Lipinski definition) is 7. The topological polar surface area (TPSA) is 129 Å². The van der Waals surface area contributed by atoms with E-state index in [2.05, 4.69) is 30.3 Å². The fourth-order valence-corrected chi connectivity index (χ4v) is 3.79. The van der Waals surface area contributed by atoms with E-state index in [0.29, 0.717) is 17.3 Å². The van der Waals surface area contributed by atoms with Crippen molar-refractivity contribution in [3.8, 4) is 11.1 Å².